The second-order valence-electron chi connectivity index (χ2n) is 4.31. The first-order chi connectivity index (χ1) is 8.90. The van der Waals surface area contributed by atoms with E-state index in [9.17, 15) is 0 Å². The molecule has 3 N–H and O–H groups in total. The molecule has 5 heteroatoms. The van der Waals surface area contributed by atoms with E-state index in [2.05, 4.69) is 35.1 Å². The van der Waals surface area contributed by atoms with Crippen molar-refractivity contribution in [3.63, 3.8) is 0 Å². The molecule has 4 nitrogen and oxygen atoms in total. The number of nitrogens with two attached hydrogens (primary N) is 1. The quantitative estimate of drug-likeness (QED) is 0.656. The molecule has 0 aliphatic carbocycles. The molecule has 1 fully saturated rings. The largest absolute Gasteiger partial charge is 0.376 e. The van der Waals surface area contributed by atoms with Crippen LogP contribution in [0.2, 0.25) is 0 Å². The van der Waals surface area contributed by atoms with Gasteiger partial charge in [-0.15, -0.1) is 11.3 Å². The van der Waals surface area contributed by atoms with E-state index in [0.29, 0.717) is 19.8 Å². The molecule has 1 aliphatic rings. The smallest absolute Gasteiger partial charge is 0.102 e. The molecule has 1 aromatic carbocycles. The Morgan fingerprint density at radius 1 is 1.33 bits per heavy atom. The van der Waals surface area contributed by atoms with Crippen molar-refractivity contribution in [3.8, 4) is 0 Å². The van der Waals surface area contributed by atoms with Crippen molar-refractivity contribution >= 4 is 21.4 Å². The van der Waals surface area contributed by atoms with Crippen LogP contribution in [0.25, 0.3) is 10.1 Å². The molecule has 3 rings (SSSR count). The summed E-state index contributed by atoms with van der Waals surface area (Å²) >= 11 is 1.73. The monoisotopic (exact) mass is 264 g/mol. The van der Waals surface area contributed by atoms with Crippen molar-refractivity contribution in [3.05, 3.63) is 35.2 Å². The Balaban J connectivity index is 1.97. The molecule has 96 valence electrons. The Bertz CT molecular complexity index is 522. The summed E-state index contributed by atoms with van der Waals surface area (Å²) < 4.78 is 12.5. The zero-order valence-corrected chi connectivity index (χ0v) is 10.8. The Morgan fingerprint density at radius 2 is 2.28 bits per heavy atom. The number of ether oxygens (including phenoxy) is 2. The first kappa shape index (κ1) is 12.1. The minimum atomic E-state index is -0.0346. The van der Waals surface area contributed by atoms with E-state index >= 15 is 0 Å². The lowest BCUT2D eigenvalue weighted by atomic mass is 10.0. The summed E-state index contributed by atoms with van der Waals surface area (Å²) in [6, 6.07) is 8.35. The van der Waals surface area contributed by atoms with Crippen molar-refractivity contribution in [2.45, 2.75) is 12.1 Å². The van der Waals surface area contributed by atoms with E-state index in [1.807, 2.05) is 0 Å². The number of benzene rings is 1. The van der Waals surface area contributed by atoms with Crippen LogP contribution in [-0.4, -0.2) is 25.9 Å². The number of thiophene rings is 1. The molecule has 1 saturated heterocycles. The highest BCUT2D eigenvalue weighted by Crippen LogP contribution is 2.31. The first-order valence-corrected chi connectivity index (χ1v) is 6.89. The fourth-order valence-corrected chi connectivity index (χ4v) is 3.31. The SMILES string of the molecule is NNC(c1cccc2ccsc12)C1COCCO1. The van der Waals surface area contributed by atoms with E-state index in [0.717, 1.165) is 0 Å². The van der Waals surface area contributed by atoms with Crippen molar-refractivity contribution in [2.75, 3.05) is 19.8 Å². The third-order valence-electron chi connectivity index (χ3n) is 3.24. The lowest BCUT2D eigenvalue weighted by molar-refractivity contribution is -0.102. The summed E-state index contributed by atoms with van der Waals surface area (Å²) in [5.41, 5.74) is 4.05. The third kappa shape index (κ3) is 2.15. The molecule has 2 atom stereocenters. The molecule has 0 spiro atoms. The van der Waals surface area contributed by atoms with E-state index in [-0.39, 0.29) is 12.1 Å². The van der Waals surface area contributed by atoms with E-state index in [1.165, 1.54) is 15.6 Å². The Labute approximate surface area is 110 Å². The van der Waals surface area contributed by atoms with Gasteiger partial charge in [0.15, 0.2) is 0 Å². The predicted molar refractivity (Wildman–Crippen MR) is 72.4 cm³/mol. The van der Waals surface area contributed by atoms with Gasteiger partial charge in [-0.05, 0) is 22.4 Å². The van der Waals surface area contributed by atoms with Gasteiger partial charge in [0, 0.05) is 4.70 Å². The van der Waals surface area contributed by atoms with Crippen molar-refractivity contribution in [2.24, 2.45) is 5.84 Å². The maximum atomic E-state index is 5.75. The summed E-state index contributed by atoms with van der Waals surface area (Å²) in [6.45, 7) is 1.87. The van der Waals surface area contributed by atoms with Crippen LogP contribution in [0.15, 0.2) is 29.6 Å². The lowest BCUT2D eigenvalue weighted by Crippen LogP contribution is -2.43. The van der Waals surface area contributed by atoms with E-state index in [1.54, 1.807) is 11.3 Å². The molecule has 2 unspecified atom stereocenters. The topological polar surface area (TPSA) is 56.5 Å². The number of nitrogens with one attached hydrogen (secondary N) is 1. The molecule has 0 saturated carbocycles. The maximum Gasteiger partial charge on any atom is 0.102 e. The van der Waals surface area contributed by atoms with Crippen LogP contribution >= 0.6 is 11.3 Å². The van der Waals surface area contributed by atoms with Crippen molar-refractivity contribution in [1.82, 2.24) is 5.43 Å². The molecule has 1 aromatic heterocycles. The molecule has 1 aliphatic heterocycles. The Kier molecular flexibility index (Phi) is 3.58. The minimum Gasteiger partial charge on any atom is -0.376 e. The van der Waals surface area contributed by atoms with E-state index in [4.69, 9.17) is 15.3 Å². The molecule has 18 heavy (non-hydrogen) atoms. The maximum absolute atomic E-state index is 5.75. The normalized spacial score (nSPS) is 22.2. The molecule has 0 bridgehead atoms. The van der Waals surface area contributed by atoms with Gasteiger partial charge in [-0.1, -0.05) is 18.2 Å². The van der Waals surface area contributed by atoms with Gasteiger partial charge in [-0.3, -0.25) is 11.3 Å². The van der Waals surface area contributed by atoms with Crippen LogP contribution in [0.5, 0.6) is 0 Å². The number of hydrogen-bond donors (Lipinski definition) is 2. The van der Waals surface area contributed by atoms with E-state index < -0.39 is 0 Å². The van der Waals surface area contributed by atoms with Crippen LogP contribution in [-0.2, 0) is 9.47 Å². The summed E-state index contributed by atoms with van der Waals surface area (Å²) in [5.74, 6) is 5.71. The summed E-state index contributed by atoms with van der Waals surface area (Å²) in [4.78, 5) is 0. The van der Waals surface area contributed by atoms with Crippen LogP contribution in [0.3, 0.4) is 0 Å². The second-order valence-corrected chi connectivity index (χ2v) is 5.23. The second kappa shape index (κ2) is 5.34. The van der Waals surface area contributed by atoms with Crippen LogP contribution < -0.4 is 11.3 Å². The number of rotatable bonds is 3. The van der Waals surface area contributed by atoms with Gasteiger partial charge < -0.3 is 9.47 Å². The van der Waals surface area contributed by atoms with Crippen molar-refractivity contribution in [1.29, 1.82) is 0 Å². The fourth-order valence-electron chi connectivity index (χ4n) is 2.36. The Morgan fingerprint density at radius 3 is 3.06 bits per heavy atom. The average Bonchev–Trinajstić information content (AvgIpc) is 2.90. The molecule has 0 amide bonds. The van der Waals surface area contributed by atoms with Gasteiger partial charge in [0.1, 0.15) is 6.10 Å². The highest BCUT2D eigenvalue weighted by atomic mass is 32.1. The van der Waals surface area contributed by atoms with Gasteiger partial charge in [0.25, 0.3) is 0 Å². The number of hydrogen-bond acceptors (Lipinski definition) is 5. The molecule has 2 aromatic rings. The van der Waals surface area contributed by atoms with Gasteiger partial charge in [0.05, 0.1) is 25.9 Å². The highest BCUT2D eigenvalue weighted by Gasteiger charge is 2.27. The summed E-state index contributed by atoms with van der Waals surface area (Å²) in [6.07, 6.45) is -0.0311. The fraction of sp³-hybridized carbons (Fsp3) is 0.385. The number of fused-ring (bicyclic) bond motifs is 1. The molecular formula is C13H16N2O2S. The minimum absolute atomic E-state index is 0.0311. The van der Waals surface area contributed by atoms with Crippen LogP contribution in [0, 0.1) is 0 Å². The zero-order chi connectivity index (χ0) is 12.4. The van der Waals surface area contributed by atoms with Crippen LogP contribution in [0.4, 0.5) is 0 Å². The standard InChI is InChI=1S/C13H16N2O2S/c14-15-12(11-8-16-5-6-17-11)10-3-1-2-9-4-7-18-13(9)10/h1-4,7,11-12,15H,5-6,8,14H2. The summed E-state index contributed by atoms with van der Waals surface area (Å²) in [5, 5.41) is 3.34. The van der Waals surface area contributed by atoms with Gasteiger partial charge in [0.2, 0.25) is 0 Å². The molecule has 0 radical (unpaired) electrons. The van der Waals surface area contributed by atoms with Gasteiger partial charge in [-0.25, -0.2) is 0 Å². The lowest BCUT2D eigenvalue weighted by Gasteiger charge is -2.30. The highest BCUT2D eigenvalue weighted by molar-refractivity contribution is 7.17. The average molecular weight is 264 g/mol. The first-order valence-electron chi connectivity index (χ1n) is 6.02. The predicted octanol–water partition coefficient (Wildman–Crippen LogP) is 1.82. The van der Waals surface area contributed by atoms with Gasteiger partial charge >= 0.3 is 0 Å². The van der Waals surface area contributed by atoms with Gasteiger partial charge in [-0.2, -0.15) is 0 Å². The molecule has 2 heterocycles. The zero-order valence-electron chi connectivity index (χ0n) is 9.96. The van der Waals surface area contributed by atoms with Crippen molar-refractivity contribution < 1.29 is 9.47 Å². The molecular weight excluding hydrogens is 248 g/mol. The Hall–Kier alpha value is -0.980. The summed E-state index contributed by atoms with van der Waals surface area (Å²) in [7, 11) is 0. The van der Waals surface area contributed by atoms with Crippen LogP contribution in [0.1, 0.15) is 11.6 Å². The third-order valence-corrected chi connectivity index (χ3v) is 4.22. The number of hydrazine groups is 1.